The number of nitrogens with one attached hydrogen (secondary N) is 2. The van der Waals surface area contributed by atoms with Gasteiger partial charge in [0, 0.05) is 24.0 Å². The van der Waals surface area contributed by atoms with E-state index in [9.17, 15) is 9.59 Å². The molecular formula is C19H21N2O2+. The zero-order valence-corrected chi connectivity index (χ0v) is 13.0. The lowest BCUT2D eigenvalue weighted by molar-refractivity contribution is -0.916. The van der Waals surface area contributed by atoms with Crippen molar-refractivity contribution in [3.63, 3.8) is 0 Å². The highest BCUT2D eigenvalue weighted by Gasteiger charge is 2.34. The lowest BCUT2D eigenvalue weighted by atomic mass is 10.1. The summed E-state index contributed by atoms with van der Waals surface area (Å²) in [6, 6.07) is 17.3. The van der Waals surface area contributed by atoms with E-state index in [4.69, 9.17) is 0 Å². The predicted molar refractivity (Wildman–Crippen MR) is 89.5 cm³/mol. The van der Waals surface area contributed by atoms with Crippen LogP contribution in [0.5, 0.6) is 0 Å². The fourth-order valence-electron chi connectivity index (χ4n) is 3.23. The van der Waals surface area contributed by atoms with Crippen molar-refractivity contribution in [2.24, 2.45) is 0 Å². The monoisotopic (exact) mass is 309 g/mol. The van der Waals surface area contributed by atoms with Crippen LogP contribution in [0.4, 0.5) is 5.69 Å². The Bertz CT molecular complexity index is 685. The number of rotatable bonds is 5. The van der Waals surface area contributed by atoms with E-state index in [1.807, 2.05) is 24.3 Å². The molecule has 4 heteroatoms. The van der Waals surface area contributed by atoms with Gasteiger partial charge < -0.3 is 10.2 Å². The molecule has 118 valence electrons. The Hall–Kier alpha value is -2.46. The third kappa shape index (κ3) is 3.66. The summed E-state index contributed by atoms with van der Waals surface area (Å²) in [7, 11) is 0. The maximum absolute atomic E-state index is 12.6. The molecular weight excluding hydrogens is 288 g/mol. The third-order valence-electron chi connectivity index (χ3n) is 4.42. The first-order chi connectivity index (χ1) is 11.3. The minimum atomic E-state index is -0.0603. The molecule has 2 aromatic rings. The second-order valence-electron chi connectivity index (χ2n) is 5.96. The van der Waals surface area contributed by atoms with Gasteiger partial charge in [-0.05, 0) is 12.1 Å². The van der Waals surface area contributed by atoms with Crippen LogP contribution in [-0.4, -0.2) is 24.8 Å². The molecule has 0 bridgehead atoms. The number of likely N-dealkylation sites (tertiary alicyclic amines) is 1. The van der Waals surface area contributed by atoms with Gasteiger partial charge in [-0.3, -0.25) is 9.59 Å². The standard InChI is InChI=1S/C19H20N2O2/c22-14-16-9-4-5-10-17(16)20-19(23)18-11-6-12-21(18)13-15-7-2-1-3-8-15/h1-5,7-10,14,18H,6,11-13H2,(H,20,23)/p+1/t18-/m0/s1. The van der Waals surface area contributed by atoms with Gasteiger partial charge in [0.2, 0.25) is 0 Å². The van der Waals surface area contributed by atoms with E-state index in [2.05, 4.69) is 17.4 Å². The number of hydrogen-bond donors (Lipinski definition) is 2. The average molecular weight is 309 g/mol. The maximum atomic E-state index is 12.6. The van der Waals surface area contributed by atoms with Crippen molar-refractivity contribution in [3.8, 4) is 0 Å². The molecule has 0 aliphatic carbocycles. The molecule has 1 aliphatic heterocycles. The fourth-order valence-corrected chi connectivity index (χ4v) is 3.23. The van der Waals surface area contributed by atoms with Crippen LogP contribution in [0.3, 0.4) is 0 Å². The molecule has 4 nitrogen and oxygen atoms in total. The lowest BCUT2D eigenvalue weighted by Crippen LogP contribution is -3.13. The van der Waals surface area contributed by atoms with Crippen LogP contribution in [0.25, 0.3) is 0 Å². The molecule has 2 aromatic carbocycles. The Balaban J connectivity index is 1.69. The van der Waals surface area contributed by atoms with E-state index in [0.717, 1.165) is 32.2 Å². The Morgan fingerprint density at radius 2 is 1.87 bits per heavy atom. The summed E-state index contributed by atoms with van der Waals surface area (Å²) < 4.78 is 0. The maximum Gasteiger partial charge on any atom is 0.282 e. The summed E-state index contributed by atoms with van der Waals surface area (Å²) in [5.41, 5.74) is 2.36. The molecule has 1 unspecified atom stereocenters. The first-order valence-electron chi connectivity index (χ1n) is 8.01. The van der Waals surface area contributed by atoms with Gasteiger partial charge in [-0.2, -0.15) is 0 Å². The number of quaternary nitrogens is 1. The number of para-hydroxylation sites is 1. The summed E-state index contributed by atoms with van der Waals surface area (Å²) in [4.78, 5) is 25.0. The molecule has 1 saturated heterocycles. The van der Waals surface area contributed by atoms with Gasteiger partial charge in [0.25, 0.3) is 5.91 Å². The minimum absolute atomic E-state index is 0.00253. The van der Waals surface area contributed by atoms with Crippen molar-refractivity contribution in [3.05, 3.63) is 65.7 Å². The average Bonchev–Trinajstić information content (AvgIpc) is 3.04. The van der Waals surface area contributed by atoms with Gasteiger partial charge in [0.1, 0.15) is 6.54 Å². The number of carbonyl (C=O) groups excluding carboxylic acids is 2. The third-order valence-corrected chi connectivity index (χ3v) is 4.42. The molecule has 1 fully saturated rings. The number of hydrogen-bond acceptors (Lipinski definition) is 2. The second-order valence-corrected chi connectivity index (χ2v) is 5.96. The topological polar surface area (TPSA) is 50.6 Å². The molecule has 0 radical (unpaired) electrons. The van der Waals surface area contributed by atoms with Gasteiger partial charge in [0.05, 0.1) is 12.2 Å². The van der Waals surface area contributed by atoms with Crippen LogP contribution < -0.4 is 10.2 Å². The highest BCUT2D eigenvalue weighted by molar-refractivity contribution is 5.98. The van der Waals surface area contributed by atoms with Crippen molar-refractivity contribution in [2.75, 3.05) is 11.9 Å². The van der Waals surface area contributed by atoms with E-state index in [1.165, 1.54) is 10.5 Å². The SMILES string of the molecule is O=Cc1ccccc1NC(=O)[C@@H]1CCC[NH+]1Cc1ccccc1. The first kappa shape index (κ1) is 15.4. The highest BCUT2D eigenvalue weighted by Crippen LogP contribution is 2.14. The number of anilines is 1. The van der Waals surface area contributed by atoms with Crippen LogP contribution in [0.1, 0.15) is 28.8 Å². The van der Waals surface area contributed by atoms with Crippen molar-refractivity contribution in [2.45, 2.75) is 25.4 Å². The van der Waals surface area contributed by atoms with Crippen LogP contribution >= 0.6 is 0 Å². The Morgan fingerprint density at radius 3 is 2.65 bits per heavy atom. The van der Waals surface area contributed by atoms with E-state index < -0.39 is 0 Å². The van der Waals surface area contributed by atoms with Crippen molar-refractivity contribution < 1.29 is 14.5 Å². The van der Waals surface area contributed by atoms with Crippen LogP contribution in [0.2, 0.25) is 0 Å². The zero-order chi connectivity index (χ0) is 16.1. The van der Waals surface area contributed by atoms with Crippen LogP contribution in [0.15, 0.2) is 54.6 Å². The first-order valence-corrected chi connectivity index (χ1v) is 8.01. The summed E-state index contributed by atoms with van der Waals surface area (Å²) in [6.45, 7) is 1.86. The molecule has 3 rings (SSSR count). The quantitative estimate of drug-likeness (QED) is 0.826. The van der Waals surface area contributed by atoms with Gasteiger partial charge >= 0.3 is 0 Å². The van der Waals surface area contributed by atoms with Gasteiger partial charge in [-0.1, -0.05) is 42.5 Å². The normalized spacial score (nSPS) is 20.2. The Labute approximate surface area is 136 Å². The molecule has 0 saturated carbocycles. The summed E-state index contributed by atoms with van der Waals surface area (Å²) in [5, 5.41) is 2.93. The largest absolute Gasteiger partial charge is 0.321 e. The zero-order valence-electron chi connectivity index (χ0n) is 13.0. The molecule has 1 heterocycles. The lowest BCUT2D eigenvalue weighted by Gasteiger charge is -2.21. The van der Waals surface area contributed by atoms with Crippen LogP contribution in [-0.2, 0) is 11.3 Å². The van der Waals surface area contributed by atoms with E-state index in [0.29, 0.717) is 11.3 Å². The summed E-state index contributed by atoms with van der Waals surface area (Å²) in [6.07, 6.45) is 2.71. The molecule has 1 aliphatic rings. The molecule has 0 aromatic heterocycles. The smallest absolute Gasteiger partial charge is 0.282 e. The van der Waals surface area contributed by atoms with Crippen molar-refractivity contribution in [1.82, 2.24) is 0 Å². The van der Waals surface area contributed by atoms with E-state index in [1.54, 1.807) is 18.2 Å². The van der Waals surface area contributed by atoms with Crippen molar-refractivity contribution >= 4 is 17.9 Å². The molecule has 1 amide bonds. The number of carbonyl (C=O) groups is 2. The fraction of sp³-hybridized carbons (Fsp3) is 0.263. The molecule has 2 atom stereocenters. The van der Waals surface area contributed by atoms with E-state index in [-0.39, 0.29) is 11.9 Å². The minimum Gasteiger partial charge on any atom is -0.321 e. The predicted octanol–water partition coefficient (Wildman–Crippen LogP) is 1.69. The second kappa shape index (κ2) is 7.20. The van der Waals surface area contributed by atoms with Gasteiger partial charge in [0.15, 0.2) is 12.3 Å². The molecule has 0 spiro atoms. The number of amides is 1. The van der Waals surface area contributed by atoms with Crippen LogP contribution in [0, 0.1) is 0 Å². The van der Waals surface area contributed by atoms with E-state index >= 15 is 0 Å². The van der Waals surface area contributed by atoms with Gasteiger partial charge in [-0.25, -0.2) is 0 Å². The molecule has 2 N–H and O–H groups in total. The molecule has 23 heavy (non-hydrogen) atoms. The van der Waals surface area contributed by atoms with Crippen molar-refractivity contribution in [1.29, 1.82) is 0 Å². The Morgan fingerprint density at radius 1 is 1.13 bits per heavy atom. The number of benzene rings is 2. The highest BCUT2D eigenvalue weighted by atomic mass is 16.2. The Kier molecular flexibility index (Phi) is 4.83. The summed E-state index contributed by atoms with van der Waals surface area (Å²) >= 11 is 0. The van der Waals surface area contributed by atoms with Gasteiger partial charge in [-0.15, -0.1) is 0 Å². The number of aldehydes is 1. The summed E-state index contributed by atoms with van der Waals surface area (Å²) in [5.74, 6) is 0.00253.